The van der Waals surface area contributed by atoms with Gasteiger partial charge in [-0.1, -0.05) is 48.5 Å². The van der Waals surface area contributed by atoms with E-state index in [0.29, 0.717) is 11.1 Å². The van der Waals surface area contributed by atoms with Gasteiger partial charge in [-0.05, 0) is 36.1 Å². The lowest BCUT2D eigenvalue weighted by Crippen LogP contribution is -2.22. The number of Topliss-reactive ketones (excluding diaryl/α,β-unsaturated/α-hetero) is 1. The average molecular weight is 409 g/mol. The number of ketones is 1. The minimum absolute atomic E-state index is 0.163. The van der Waals surface area contributed by atoms with Gasteiger partial charge < -0.3 is 5.32 Å². The van der Waals surface area contributed by atoms with Crippen LogP contribution in [0, 0.1) is 6.92 Å². The Balaban J connectivity index is 1.84. The van der Waals surface area contributed by atoms with Gasteiger partial charge in [0.2, 0.25) is 5.78 Å². The summed E-state index contributed by atoms with van der Waals surface area (Å²) in [5.41, 5.74) is 3.19. The van der Waals surface area contributed by atoms with E-state index in [-0.39, 0.29) is 21.4 Å². The van der Waals surface area contributed by atoms with Crippen molar-refractivity contribution in [2.45, 2.75) is 11.1 Å². The second-order valence-electron chi connectivity index (χ2n) is 6.26. The number of aryl methyl sites for hydroxylation is 1. The van der Waals surface area contributed by atoms with Crippen LogP contribution in [0.3, 0.4) is 0 Å². The van der Waals surface area contributed by atoms with Gasteiger partial charge in [-0.3, -0.25) is 4.79 Å². The van der Waals surface area contributed by atoms with Gasteiger partial charge in [0.1, 0.15) is 4.21 Å². The number of thiophene rings is 1. The van der Waals surface area contributed by atoms with Crippen LogP contribution in [0.1, 0.15) is 21.5 Å². The fraction of sp³-hybridized carbons (Fsp3) is 0.0476. The van der Waals surface area contributed by atoms with Crippen molar-refractivity contribution in [3.8, 4) is 0 Å². The molecule has 0 saturated heterocycles. The molecule has 0 spiro atoms. The van der Waals surface area contributed by atoms with Crippen LogP contribution in [0.4, 0.5) is 5.69 Å². The third-order valence-electron chi connectivity index (χ3n) is 4.36. The van der Waals surface area contributed by atoms with E-state index in [9.17, 15) is 13.2 Å². The Morgan fingerprint density at radius 3 is 2.36 bits per heavy atom. The molecule has 0 aliphatic heterocycles. The molecule has 0 fully saturated rings. The largest absolute Gasteiger partial charge is 0.352 e. The van der Waals surface area contributed by atoms with Gasteiger partial charge in [-0.2, -0.15) is 12.8 Å². The van der Waals surface area contributed by atoms with E-state index in [1.807, 2.05) is 31.2 Å². The molecule has 0 saturated carbocycles. The molecule has 0 unspecified atom stereocenters. The molecule has 1 heterocycles. The number of nitrogens with one attached hydrogen (secondary N) is 1. The molecule has 0 bridgehead atoms. The first-order valence-electron chi connectivity index (χ1n) is 8.52. The van der Waals surface area contributed by atoms with Gasteiger partial charge in [0, 0.05) is 16.8 Å². The van der Waals surface area contributed by atoms with Gasteiger partial charge in [0.25, 0.3) is 10.0 Å². The normalized spacial score (nSPS) is 15.2. The summed E-state index contributed by atoms with van der Waals surface area (Å²) >= 11 is 1.11. The summed E-state index contributed by atoms with van der Waals surface area (Å²) in [6, 6.07) is 17.6. The van der Waals surface area contributed by atoms with E-state index in [0.717, 1.165) is 22.6 Å². The monoisotopic (exact) mass is 408 g/mol. The van der Waals surface area contributed by atoms with E-state index >= 15 is 0 Å². The smallest absolute Gasteiger partial charge is 0.292 e. The molecular formula is C21H16N2O3S2. The molecule has 28 heavy (non-hydrogen) atoms. The van der Waals surface area contributed by atoms with Crippen molar-refractivity contribution >= 4 is 38.5 Å². The topological polar surface area (TPSA) is 75.6 Å². The molecule has 2 aromatic carbocycles. The highest BCUT2D eigenvalue weighted by atomic mass is 32.2. The standard InChI is InChI=1S/C21H16N2O3S2/c1-14-7-2-5-10-17(14)22-19-13-18(15-8-3-4-9-16(15)21(19)24)23-28(25,26)20-11-6-12-27-20/h2-13,22H,1H3/b23-18+. The molecule has 0 amide bonds. The summed E-state index contributed by atoms with van der Waals surface area (Å²) in [5, 5.41) is 4.82. The van der Waals surface area contributed by atoms with E-state index in [2.05, 4.69) is 9.71 Å². The average Bonchev–Trinajstić information content (AvgIpc) is 3.23. The predicted octanol–water partition coefficient (Wildman–Crippen LogP) is 4.43. The van der Waals surface area contributed by atoms with Crippen LogP contribution in [0.5, 0.6) is 0 Å². The molecular weight excluding hydrogens is 392 g/mol. The summed E-state index contributed by atoms with van der Waals surface area (Å²) < 4.78 is 29.5. The second-order valence-corrected chi connectivity index (χ2v) is 9.03. The number of hydrogen-bond donors (Lipinski definition) is 1. The lowest BCUT2D eigenvalue weighted by Gasteiger charge is -2.19. The number of carbonyl (C=O) groups is 1. The minimum Gasteiger partial charge on any atom is -0.352 e. The van der Waals surface area contributed by atoms with Crippen LogP contribution >= 0.6 is 11.3 Å². The van der Waals surface area contributed by atoms with Crippen LogP contribution in [-0.2, 0) is 10.0 Å². The van der Waals surface area contributed by atoms with Crippen LogP contribution in [0.2, 0.25) is 0 Å². The third-order valence-corrected chi connectivity index (χ3v) is 7.02. The molecule has 7 heteroatoms. The number of nitrogens with zero attached hydrogens (tertiary/aromatic N) is 1. The van der Waals surface area contributed by atoms with Gasteiger partial charge in [0.15, 0.2) is 0 Å². The van der Waals surface area contributed by atoms with Gasteiger partial charge in [-0.15, -0.1) is 11.3 Å². The SMILES string of the molecule is Cc1ccccc1NC1=C/C(=N\S(=O)(=O)c2cccs2)c2ccccc2C1=O. The summed E-state index contributed by atoms with van der Waals surface area (Å²) in [6.45, 7) is 1.93. The maximum Gasteiger partial charge on any atom is 0.292 e. The van der Waals surface area contributed by atoms with Gasteiger partial charge >= 0.3 is 0 Å². The first-order chi connectivity index (χ1) is 13.5. The molecule has 1 N–H and O–H groups in total. The number of anilines is 1. The lowest BCUT2D eigenvalue weighted by atomic mass is 9.92. The Bertz CT molecular complexity index is 1220. The molecule has 5 nitrogen and oxygen atoms in total. The van der Waals surface area contributed by atoms with Crippen molar-refractivity contribution in [2.24, 2.45) is 4.40 Å². The molecule has 4 rings (SSSR count). The fourth-order valence-electron chi connectivity index (χ4n) is 2.94. The molecule has 0 atom stereocenters. The third kappa shape index (κ3) is 3.42. The number of fused-ring (bicyclic) bond motifs is 1. The minimum atomic E-state index is -3.86. The molecule has 1 aliphatic carbocycles. The Kier molecular flexibility index (Phi) is 4.70. The van der Waals surface area contributed by atoms with E-state index < -0.39 is 10.0 Å². The first-order valence-corrected chi connectivity index (χ1v) is 10.8. The van der Waals surface area contributed by atoms with Gasteiger partial charge in [0.05, 0.1) is 11.4 Å². The number of carbonyl (C=O) groups excluding carboxylic acids is 1. The molecule has 1 aliphatic rings. The van der Waals surface area contributed by atoms with Crippen LogP contribution in [0.25, 0.3) is 0 Å². The van der Waals surface area contributed by atoms with Crippen molar-refractivity contribution in [1.82, 2.24) is 0 Å². The number of hydrogen-bond acceptors (Lipinski definition) is 5. The van der Waals surface area contributed by atoms with Crippen molar-refractivity contribution in [2.75, 3.05) is 5.32 Å². The number of para-hydroxylation sites is 1. The number of benzene rings is 2. The van der Waals surface area contributed by atoms with Crippen molar-refractivity contribution in [3.63, 3.8) is 0 Å². The van der Waals surface area contributed by atoms with E-state index in [1.54, 1.807) is 35.7 Å². The summed E-state index contributed by atoms with van der Waals surface area (Å²) in [4.78, 5) is 12.9. The highest BCUT2D eigenvalue weighted by Gasteiger charge is 2.26. The summed E-state index contributed by atoms with van der Waals surface area (Å²) in [6.07, 6.45) is 1.50. The highest BCUT2D eigenvalue weighted by Crippen LogP contribution is 2.26. The number of sulfonamides is 1. The summed E-state index contributed by atoms with van der Waals surface area (Å²) in [5.74, 6) is -0.202. The maximum atomic E-state index is 12.9. The fourth-order valence-corrected chi connectivity index (χ4v) is 4.90. The number of rotatable bonds is 4. The molecule has 0 radical (unpaired) electrons. The Morgan fingerprint density at radius 2 is 1.64 bits per heavy atom. The van der Waals surface area contributed by atoms with Crippen molar-refractivity contribution < 1.29 is 13.2 Å². The predicted molar refractivity (Wildman–Crippen MR) is 112 cm³/mol. The van der Waals surface area contributed by atoms with Crippen LogP contribution in [-0.4, -0.2) is 19.9 Å². The Morgan fingerprint density at radius 1 is 0.929 bits per heavy atom. The molecule has 3 aromatic rings. The van der Waals surface area contributed by atoms with E-state index in [1.165, 1.54) is 12.1 Å². The number of allylic oxidation sites excluding steroid dienone is 2. The van der Waals surface area contributed by atoms with Crippen LogP contribution < -0.4 is 5.32 Å². The maximum absolute atomic E-state index is 12.9. The Hall–Kier alpha value is -3.03. The zero-order valence-electron chi connectivity index (χ0n) is 14.9. The zero-order chi connectivity index (χ0) is 19.7. The summed E-state index contributed by atoms with van der Waals surface area (Å²) in [7, 11) is -3.86. The van der Waals surface area contributed by atoms with Crippen LogP contribution in [0.15, 0.2) is 86.4 Å². The van der Waals surface area contributed by atoms with Crippen molar-refractivity contribution in [1.29, 1.82) is 0 Å². The second kappa shape index (κ2) is 7.18. The molecule has 140 valence electrons. The highest BCUT2D eigenvalue weighted by molar-refractivity contribution is 7.92. The first kappa shape index (κ1) is 18.3. The van der Waals surface area contributed by atoms with Gasteiger partial charge in [-0.25, -0.2) is 0 Å². The quantitative estimate of drug-likeness (QED) is 0.693. The Labute approximate surface area is 167 Å². The molecule has 1 aromatic heterocycles. The lowest BCUT2D eigenvalue weighted by molar-refractivity contribution is 0.103. The zero-order valence-corrected chi connectivity index (χ0v) is 16.5. The van der Waals surface area contributed by atoms with Crippen molar-refractivity contribution in [3.05, 3.63) is 94.5 Å². The van der Waals surface area contributed by atoms with E-state index in [4.69, 9.17) is 0 Å².